The van der Waals surface area contributed by atoms with Crippen molar-refractivity contribution in [2.45, 2.75) is 20.3 Å². The van der Waals surface area contributed by atoms with Crippen LogP contribution in [0.3, 0.4) is 0 Å². The highest BCUT2D eigenvalue weighted by atomic mass is 15.2. The van der Waals surface area contributed by atoms with Crippen LogP contribution in [0.5, 0.6) is 0 Å². The van der Waals surface area contributed by atoms with Crippen molar-refractivity contribution >= 4 is 11.6 Å². The molecule has 14 heavy (non-hydrogen) atoms. The molecule has 0 atom stereocenters. The molecule has 0 amide bonds. The number of aromatic amines is 1. The zero-order valence-corrected chi connectivity index (χ0v) is 8.54. The maximum atomic E-state index is 8.50. The number of nitriles is 1. The van der Waals surface area contributed by atoms with Crippen LogP contribution in [0.15, 0.2) is 0 Å². The van der Waals surface area contributed by atoms with Gasteiger partial charge in [0.25, 0.3) is 0 Å². The monoisotopic (exact) mass is 193 g/mol. The molecule has 0 saturated heterocycles. The Morgan fingerprint density at radius 1 is 1.64 bits per heavy atom. The van der Waals surface area contributed by atoms with Gasteiger partial charge in [-0.15, -0.1) is 0 Å². The van der Waals surface area contributed by atoms with Crippen molar-refractivity contribution in [2.24, 2.45) is 0 Å². The molecule has 1 aromatic rings. The maximum absolute atomic E-state index is 8.50. The van der Waals surface area contributed by atoms with E-state index in [1.165, 1.54) is 0 Å². The zero-order chi connectivity index (χ0) is 10.6. The molecule has 0 spiro atoms. The van der Waals surface area contributed by atoms with Crippen LogP contribution in [0, 0.1) is 18.3 Å². The summed E-state index contributed by atoms with van der Waals surface area (Å²) in [6, 6.07) is 2.11. The Morgan fingerprint density at radius 3 is 2.79 bits per heavy atom. The summed E-state index contributed by atoms with van der Waals surface area (Å²) < 4.78 is 0. The Hall–Kier alpha value is -1.70. The number of nitrogens with two attached hydrogens (primary N) is 1. The van der Waals surface area contributed by atoms with Gasteiger partial charge in [0, 0.05) is 13.1 Å². The van der Waals surface area contributed by atoms with Crippen LogP contribution in [-0.4, -0.2) is 23.1 Å². The van der Waals surface area contributed by atoms with E-state index in [9.17, 15) is 0 Å². The summed E-state index contributed by atoms with van der Waals surface area (Å²) in [5.74, 6) is 2.12. The molecule has 1 rings (SSSR count). The smallest absolute Gasteiger partial charge is 0.171 e. The van der Waals surface area contributed by atoms with Gasteiger partial charge in [0.05, 0.1) is 12.5 Å². The molecule has 5 nitrogen and oxygen atoms in total. The number of H-pyrrole nitrogens is 1. The highest BCUT2D eigenvalue weighted by molar-refractivity contribution is 5.58. The van der Waals surface area contributed by atoms with Gasteiger partial charge in [-0.3, -0.25) is 0 Å². The van der Waals surface area contributed by atoms with Gasteiger partial charge >= 0.3 is 0 Å². The Bertz CT molecular complexity index is 335. The van der Waals surface area contributed by atoms with Crippen LogP contribution in [0.25, 0.3) is 0 Å². The summed E-state index contributed by atoms with van der Waals surface area (Å²) in [7, 11) is 0. The number of rotatable bonds is 4. The first-order valence-electron chi connectivity index (χ1n) is 4.63. The van der Waals surface area contributed by atoms with E-state index in [2.05, 4.69) is 16.0 Å². The zero-order valence-electron chi connectivity index (χ0n) is 8.54. The minimum Gasteiger partial charge on any atom is -0.382 e. The number of nitrogens with zero attached hydrogens (tertiary/aromatic N) is 3. The quantitative estimate of drug-likeness (QED) is 0.748. The molecule has 76 valence electrons. The molecule has 0 bridgehead atoms. The van der Waals surface area contributed by atoms with Gasteiger partial charge in [-0.25, -0.2) is 4.98 Å². The first-order valence-corrected chi connectivity index (χ1v) is 4.63. The predicted octanol–water partition coefficient (Wildman–Crippen LogP) is 1.04. The lowest BCUT2D eigenvalue weighted by Gasteiger charge is -2.19. The summed E-state index contributed by atoms with van der Waals surface area (Å²) in [4.78, 5) is 9.20. The van der Waals surface area contributed by atoms with Crippen LogP contribution in [0.1, 0.15) is 19.2 Å². The van der Waals surface area contributed by atoms with Gasteiger partial charge in [-0.05, 0) is 13.8 Å². The number of imidazole rings is 1. The van der Waals surface area contributed by atoms with Gasteiger partial charge < -0.3 is 15.6 Å². The number of anilines is 2. The molecule has 0 fully saturated rings. The Labute approximate surface area is 83.5 Å². The standard InChI is InChI=1S/C9H15N5/c1-3-14(6-4-5-10)9-8(11)12-7(2)13-9/h3-4,6,11H2,1-2H3,(H,12,13). The highest BCUT2D eigenvalue weighted by Gasteiger charge is 2.11. The van der Waals surface area contributed by atoms with Crippen molar-refractivity contribution in [2.75, 3.05) is 23.7 Å². The molecule has 0 aromatic carbocycles. The number of aryl methyl sites for hydroxylation is 1. The average Bonchev–Trinajstić information content (AvgIpc) is 2.47. The second-order valence-electron chi connectivity index (χ2n) is 3.05. The summed E-state index contributed by atoms with van der Waals surface area (Å²) >= 11 is 0. The Morgan fingerprint density at radius 2 is 2.36 bits per heavy atom. The normalized spacial score (nSPS) is 9.79. The van der Waals surface area contributed by atoms with E-state index in [1.54, 1.807) is 0 Å². The van der Waals surface area contributed by atoms with E-state index in [4.69, 9.17) is 11.0 Å². The van der Waals surface area contributed by atoms with Crippen LogP contribution < -0.4 is 10.6 Å². The van der Waals surface area contributed by atoms with E-state index in [0.717, 1.165) is 18.2 Å². The Kier molecular flexibility index (Phi) is 3.35. The van der Waals surface area contributed by atoms with E-state index >= 15 is 0 Å². The van der Waals surface area contributed by atoms with Crippen molar-refractivity contribution in [1.82, 2.24) is 9.97 Å². The average molecular weight is 193 g/mol. The lowest BCUT2D eigenvalue weighted by atomic mass is 10.4. The molecular formula is C9H15N5. The van der Waals surface area contributed by atoms with Crippen LogP contribution in [0.2, 0.25) is 0 Å². The first-order chi connectivity index (χ1) is 6.69. The molecule has 1 aromatic heterocycles. The van der Waals surface area contributed by atoms with Gasteiger partial charge in [0.1, 0.15) is 11.6 Å². The van der Waals surface area contributed by atoms with Gasteiger partial charge in [-0.1, -0.05) is 0 Å². The third kappa shape index (κ3) is 2.16. The van der Waals surface area contributed by atoms with E-state index in [0.29, 0.717) is 18.8 Å². The van der Waals surface area contributed by atoms with Crippen molar-refractivity contribution in [3.05, 3.63) is 5.82 Å². The number of nitrogens with one attached hydrogen (secondary N) is 1. The van der Waals surface area contributed by atoms with Crippen LogP contribution in [0.4, 0.5) is 11.6 Å². The predicted molar refractivity (Wildman–Crippen MR) is 55.9 cm³/mol. The van der Waals surface area contributed by atoms with Crippen molar-refractivity contribution in [3.8, 4) is 6.07 Å². The van der Waals surface area contributed by atoms with Crippen LogP contribution in [-0.2, 0) is 0 Å². The SMILES string of the molecule is CCN(CCC#N)c1nc(C)[nH]c1N. The topological polar surface area (TPSA) is 81.7 Å². The summed E-state index contributed by atoms with van der Waals surface area (Å²) in [5, 5.41) is 8.50. The summed E-state index contributed by atoms with van der Waals surface area (Å²) in [5.41, 5.74) is 5.75. The van der Waals surface area contributed by atoms with Crippen molar-refractivity contribution < 1.29 is 0 Å². The second kappa shape index (κ2) is 4.51. The molecule has 0 aliphatic rings. The fourth-order valence-corrected chi connectivity index (χ4v) is 1.34. The molecular weight excluding hydrogens is 178 g/mol. The maximum Gasteiger partial charge on any atom is 0.171 e. The van der Waals surface area contributed by atoms with Gasteiger partial charge in [0.2, 0.25) is 0 Å². The lowest BCUT2D eigenvalue weighted by Crippen LogP contribution is -2.24. The third-order valence-electron chi connectivity index (χ3n) is 2.00. The van der Waals surface area contributed by atoms with Gasteiger partial charge in [-0.2, -0.15) is 5.26 Å². The molecule has 0 saturated carbocycles. The largest absolute Gasteiger partial charge is 0.382 e. The van der Waals surface area contributed by atoms with Gasteiger partial charge in [0.15, 0.2) is 5.82 Å². The van der Waals surface area contributed by atoms with Crippen LogP contribution >= 0.6 is 0 Å². The number of nitrogen functional groups attached to an aromatic ring is 1. The number of aromatic nitrogens is 2. The summed E-state index contributed by atoms with van der Waals surface area (Å²) in [6.07, 6.45) is 0.485. The summed E-state index contributed by atoms with van der Waals surface area (Å²) in [6.45, 7) is 5.34. The molecule has 1 heterocycles. The molecule has 5 heteroatoms. The fraction of sp³-hybridized carbons (Fsp3) is 0.556. The molecule has 3 N–H and O–H groups in total. The third-order valence-corrected chi connectivity index (χ3v) is 2.00. The molecule has 0 unspecified atom stereocenters. The first kappa shape index (κ1) is 10.4. The highest BCUT2D eigenvalue weighted by Crippen LogP contribution is 2.19. The van der Waals surface area contributed by atoms with Crippen molar-refractivity contribution in [3.63, 3.8) is 0 Å². The lowest BCUT2D eigenvalue weighted by molar-refractivity contribution is 0.814. The van der Waals surface area contributed by atoms with E-state index in [1.807, 2.05) is 18.7 Å². The minimum absolute atomic E-state index is 0.485. The molecule has 0 aliphatic carbocycles. The minimum atomic E-state index is 0.485. The van der Waals surface area contributed by atoms with Crippen molar-refractivity contribution in [1.29, 1.82) is 5.26 Å². The van der Waals surface area contributed by atoms with E-state index < -0.39 is 0 Å². The number of hydrogen-bond donors (Lipinski definition) is 2. The molecule has 0 aliphatic heterocycles. The van der Waals surface area contributed by atoms with E-state index in [-0.39, 0.29) is 0 Å². The second-order valence-corrected chi connectivity index (χ2v) is 3.05. The number of hydrogen-bond acceptors (Lipinski definition) is 4. The Balaban J connectivity index is 2.79. The fourth-order valence-electron chi connectivity index (χ4n) is 1.34. The molecule has 0 radical (unpaired) electrons.